The van der Waals surface area contributed by atoms with Crippen LogP contribution in [-0.4, -0.2) is 62.0 Å². The average molecular weight is 371 g/mol. The van der Waals surface area contributed by atoms with E-state index in [0.717, 1.165) is 75.7 Å². The van der Waals surface area contributed by atoms with Crippen molar-refractivity contribution < 1.29 is 5.11 Å². The number of nitrogens with zero attached hydrogens (tertiary/aromatic N) is 6. The molecule has 2 aliphatic heterocycles. The van der Waals surface area contributed by atoms with Crippen molar-refractivity contribution in [2.45, 2.75) is 51.2 Å². The molecule has 7 heteroatoms. The van der Waals surface area contributed by atoms with Gasteiger partial charge in [-0.25, -0.2) is 0 Å². The molecule has 0 saturated carbocycles. The van der Waals surface area contributed by atoms with Gasteiger partial charge in [-0.2, -0.15) is 0 Å². The molecule has 146 valence electrons. The van der Waals surface area contributed by atoms with E-state index in [1.165, 1.54) is 5.69 Å². The molecule has 0 bridgehead atoms. The van der Waals surface area contributed by atoms with Crippen molar-refractivity contribution in [1.29, 1.82) is 0 Å². The molecule has 7 nitrogen and oxygen atoms in total. The number of aryl methyl sites for hydroxylation is 1. The predicted octanol–water partition coefficient (Wildman–Crippen LogP) is 1.86. The lowest BCUT2D eigenvalue weighted by molar-refractivity contribution is 0.0775. The maximum atomic E-state index is 9.69. The molecule has 0 unspecified atom stereocenters. The van der Waals surface area contributed by atoms with Gasteiger partial charge >= 0.3 is 0 Å². The summed E-state index contributed by atoms with van der Waals surface area (Å²) in [5, 5.41) is 18.7. The molecule has 0 radical (unpaired) electrons. The van der Waals surface area contributed by atoms with E-state index in [1.54, 1.807) is 0 Å². The minimum Gasteiger partial charge on any atom is -0.393 e. The number of hydrogen-bond donors (Lipinski definition) is 1. The van der Waals surface area contributed by atoms with Crippen LogP contribution < -0.4 is 4.90 Å². The zero-order chi connectivity index (χ0) is 18.8. The topological polar surface area (TPSA) is 70.3 Å². The van der Waals surface area contributed by atoms with E-state index in [9.17, 15) is 5.11 Å². The molecule has 1 atom stereocenters. The summed E-state index contributed by atoms with van der Waals surface area (Å²) in [7, 11) is 2.10. The van der Waals surface area contributed by atoms with E-state index < -0.39 is 0 Å². The van der Waals surface area contributed by atoms with Gasteiger partial charge in [0, 0.05) is 56.7 Å². The third-order valence-corrected chi connectivity index (χ3v) is 5.95. The Balaban J connectivity index is 1.44. The van der Waals surface area contributed by atoms with Crippen molar-refractivity contribution in [3.05, 3.63) is 35.7 Å². The number of anilines is 1. The summed E-state index contributed by atoms with van der Waals surface area (Å²) in [6, 6.07) is 4.26. The first-order valence-corrected chi connectivity index (χ1v) is 10.1. The summed E-state index contributed by atoms with van der Waals surface area (Å²) in [4.78, 5) is 9.13. The lowest BCUT2D eigenvalue weighted by Gasteiger charge is -2.34. The van der Waals surface area contributed by atoms with Crippen LogP contribution >= 0.6 is 0 Å². The van der Waals surface area contributed by atoms with Gasteiger partial charge < -0.3 is 14.6 Å². The molecule has 4 heterocycles. The minimum atomic E-state index is -0.138. The molecule has 2 aliphatic rings. The van der Waals surface area contributed by atoms with Crippen molar-refractivity contribution in [1.82, 2.24) is 24.6 Å². The second-order valence-electron chi connectivity index (χ2n) is 7.98. The van der Waals surface area contributed by atoms with Crippen LogP contribution in [0.4, 0.5) is 5.69 Å². The van der Waals surface area contributed by atoms with E-state index in [-0.39, 0.29) is 6.10 Å². The maximum absolute atomic E-state index is 9.69. The first kappa shape index (κ1) is 18.4. The van der Waals surface area contributed by atoms with Crippen LogP contribution in [0, 0.1) is 6.92 Å². The summed E-state index contributed by atoms with van der Waals surface area (Å²) in [6.45, 7) is 6.78. The second kappa shape index (κ2) is 7.94. The van der Waals surface area contributed by atoms with Gasteiger partial charge in [0.15, 0.2) is 0 Å². The fourth-order valence-corrected chi connectivity index (χ4v) is 4.30. The van der Waals surface area contributed by atoms with E-state index >= 15 is 0 Å². The predicted molar refractivity (Wildman–Crippen MR) is 105 cm³/mol. The number of hydrogen-bond acceptors (Lipinski definition) is 6. The molecule has 1 N–H and O–H groups in total. The molecule has 2 aromatic heterocycles. The highest BCUT2D eigenvalue weighted by molar-refractivity contribution is 5.47. The molecule has 4 rings (SSSR count). The summed E-state index contributed by atoms with van der Waals surface area (Å²) in [6.07, 6.45) is 5.79. The van der Waals surface area contributed by atoms with Crippen LogP contribution in [0.1, 0.15) is 48.9 Å². The minimum absolute atomic E-state index is 0.138. The molecule has 2 saturated heterocycles. The van der Waals surface area contributed by atoms with Crippen molar-refractivity contribution >= 4 is 5.69 Å². The Hall–Kier alpha value is -1.99. The monoisotopic (exact) mass is 370 g/mol. The zero-order valence-corrected chi connectivity index (χ0v) is 16.4. The van der Waals surface area contributed by atoms with Crippen LogP contribution in [0.25, 0.3) is 0 Å². The van der Waals surface area contributed by atoms with Crippen LogP contribution in [0.2, 0.25) is 0 Å². The molecular formula is C20H30N6O. The Labute approximate surface area is 161 Å². The number of piperidine rings is 2. The molecule has 0 spiro atoms. The molecule has 2 aromatic rings. The van der Waals surface area contributed by atoms with E-state index in [2.05, 4.69) is 48.7 Å². The van der Waals surface area contributed by atoms with Crippen LogP contribution in [0.5, 0.6) is 0 Å². The van der Waals surface area contributed by atoms with E-state index in [4.69, 9.17) is 0 Å². The quantitative estimate of drug-likeness (QED) is 0.886. The molecule has 2 fully saturated rings. The van der Waals surface area contributed by atoms with Crippen LogP contribution in [0.15, 0.2) is 18.3 Å². The Bertz CT molecular complexity index is 768. The van der Waals surface area contributed by atoms with Crippen LogP contribution in [-0.2, 0) is 13.6 Å². The lowest BCUT2D eigenvalue weighted by atomic mass is 9.96. The van der Waals surface area contributed by atoms with Gasteiger partial charge in [-0.05, 0) is 44.7 Å². The number of aliphatic hydroxyl groups excluding tert-OH is 1. The van der Waals surface area contributed by atoms with Gasteiger partial charge in [0.25, 0.3) is 0 Å². The molecule has 0 aromatic carbocycles. The number of likely N-dealkylation sites (tertiary alicyclic amines) is 1. The Morgan fingerprint density at radius 2 is 1.96 bits per heavy atom. The highest BCUT2D eigenvalue weighted by atomic mass is 16.3. The van der Waals surface area contributed by atoms with E-state index in [1.807, 2.05) is 13.1 Å². The first-order chi connectivity index (χ1) is 13.1. The van der Waals surface area contributed by atoms with Crippen molar-refractivity contribution in [2.24, 2.45) is 7.05 Å². The summed E-state index contributed by atoms with van der Waals surface area (Å²) in [5.74, 6) is 2.53. The lowest BCUT2D eigenvalue weighted by Crippen LogP contribution is -2.36. The van der Waals surface area contributed by atoms with Crippen LogP contribution in [0.3, 0.4) is 0 Å². The smallest absolute Gasteiger partial charge is 0.146 e. The fourth-order valence-electron chi connectivity index (χ4n) is 4.30. The molecular weight excluding hydrogens is 340 g/mol. The third-order valence-electron chi connectivity index (χ3n) is 5.95. The number of aromatic nitrogens is 4. The SMILES string of the molecule is Cc1cc(N2CCC[C@H](c3nnc(CN4CCC(O)CC4)n3C)C2)ccn1. The van der Waals surface area contributed by atoms with Crippen molar-refractivity contribution in [2.75, 3.05) is 31.1 Å². The van der Waals surface area contributed by atoms with Gasteiger partial charge in [-0.3, -0.25) is 9.88 Å². The highest BCUT2D eigenvalue weighted by Gasteiger charge is 2.27. The second-order valence-corrected chi connectivity index (χ2v) is 7.98. The van der Waals surface area contributed by atoms with Gasteiger partial charge in [0.05, 0.1) is 12.6 Å². The zero-order valence-electron chi connectivity index (χ0n) is 16.4. The van der Waals surface area contributed by atoms with E-state index in [0.29, 0.717) is 5.92 Å². The fraction of sp³-hybridized carbons (Fsp3) is 0.650. The Morgan fingerprint density at radius 1 is 1.15 bits per heavy atom. The first-order valence-electron chi connectivity index (χ1n) is 10.1. The largest absolute Gasteiger partial charge is 0.393 e. The van der Waals surface area contributed by atoms with Gasteiger partial charge in [-0.1, -0.05) is 0 Å². The van der Waals surface area contributed by atoms with Crippen molar-refractivity contribution in [3.63, 3.8) is 0 Å². The van der Waals surface area contributed by atoms with Gasteiger partial charge in [-0.15, -0.1) is 10.2 Å². The summed E-state index contributed by atoms with van der Waals surface area (Å²) in [5.41, 5.74) is 2.31. The molecule has 27 heavy (non-hydrogen) atoms. The van der Waals surface area contributed by atoms with Gasteiger partial charge in [0.2, 0.25) is 0 Å². The molecule has 0 aliphatic carbocycles. The summed E-state index contributed by atoms with van der Waals surface area (Å²) < 4.78 is 2.19. The third kappa shape index (κ3) is 4.14. The number of pyridine rings is 1. The Morgan fingerprint density at radius 3 is 2.74 bits per heavy atom. The normalized spacial score (nSPS) is 22.3. The maximum Gasteiger partial charge on any atom is 0.146 e. The highest BCUT2D eigenvalue weighted by Crippen LogP contribution is 2.29. The van der Waals surface area contributed by atoms with Crippen molar-refractivity contribution in [3.8, 4) is 0 Å². The standard InChI is InChI=1S/C20H30N6O/c1-15-12-17(5-8-21-15)26-9-3-4-16(13-26)20-23-22-19(24(20)2)14-25-10-6-18(27)7-11-25/h5,8,12,16,18,27H,3-4,6-7,9-11,13-14H2,1-2H3/t16-/m0/s1. The number of aliphatic hydroxyl groups is 1. The number of rotatable bonds is 4. The summed E-state index contributed by atoms with van der Waals surface area (Å²) >= 11 is 0. The Kier molecular flexibility index (Phi) is 5.41. The molecule has 0 amide bonds. The average Bonchev–Trinajstić information content (AvgIpc) is 3.04. The van der Waals surface area contributed by atoms with Gasteiger partial charge in [0.1, 0.15) is 11.6 Å².